The first-order chi connectivity index (χ1) is 14.5. The molecule has 154 valence electrons. The highest BCUT2D eigenvalue weighted by Crippen LogP contribution is 2.30. The van der Waals surface area contributed by atoms with Crippen LogP contribution in [0.3, 0.4) is 0 Å². The van der Waals surface area contributed by atoms with E-state index in [1.54, 1.807) is 24.3 Å². The van der Waals surface area contributed by atoms with Crippen LogP contribution in [0.15, 0.2) is 69.4 Å². The van der Waals surface area contributed by atoms with Gasteiger partial charge in [-0.25, -0.2) is 8.42 Å². The molecule has 4 aromatic rings. The lowest BCUT2D eigenvalue weighted by Gasteiger charge is -2.14. The Morgan fingerprint density at radius 1 is 1.17 bits per heavy atom. The van der Waals surface area contributed by atoms with Crippen molar-refractivity contribution < 1.29 is 17.7 Å². The topological polar surface area (TPSA) is 94.3 Å². The van der Waals surface area contributed by atoms with Gasteiger partial charge < -0.3 is 9.26 Å². The Hall–Kier alpha value is -2.88. The van der Waals surface area contributed by atoms with E-state index in [1.807, 2.05) is 23.6 Å². The van der Waals surface area contributed by atoms with Crippen LogP contribution in [-0.4, -0.2) is 25.7 Å². The SMILES string of the molecule is COc1ccc(Cl)cc1S(=O)(=O)Nc1ccccc1Cc1nc(-c2cccs2)no1. The molecule has 2 heterocycles. The van der Waals surface area contributed by atoms with Crippen LogP contribution in [0.5, 0.6) is 5.75 Å². The van der Waals surface area contributed by atoms with E-state index in [4.69, 9.17) is 20.9 Å². The van der Waals surface area contributed by atoms with Gasteiger partial charge in [0, 0.05) is 5.02 Å². The highest BCUT2D eigenvalue weighted by atomic mass is 35.5. The highest BCUT2D eigenvalue weighted by Gasteiger charge is 2.22. The molecule has 0 atom stereocenters. The maximum atomic E-state index is 13.0. The number of nitrogens with one attached hydrogen (secondary N) is 1. The van der Waals surface area contributed by atoms with Crippen molar-refractivity contribution in [1.82, 2.24) is 10.1 Å². The lowest BCUT2D eigenvalue weighted by Crippen LogP contribution is -2.15. The van der Waals surface area contributed by atoms with Gasteiger partial charge in [-0.2, -0.15) is 4.98 Å². The number of para-hydroxylation sites is 1. The smallest absolute Gasteiger partial charge is 0.265 e. The summed E-state index contributed by atoms with van der Waals surface area (Å²) in [6.07, 6.45) is 0.268. The molecule has 0 fully saturated rings. The highest BCUT2D eigenvalue weighted by molar-refractivity contribution is 7.92. The Labute approximate surface area is 182 Å². The molecule has 0 saturated heterocycles. The molecule has 0 aliphatic carbocycles. The van der Waals surface area contributed by atoms with Crippen molar-refractivity contribution in [3.8, 4) is 16.5 Å². The Morgan fingerprint density at radius 2 is 2.00 bits per heavy atom. The molecular weight excluding hydrogens is 446 g/mol. The Kier molecular flexibility index (Phi) is 5.76. The monoisotopic (exact) mass is 461 g/mol. The summed E-state index contributed by atoms with van der Waals surface area (Å²) in [5.41, 5.74) is 1.08. The Balaban J connectivity index is 1.62. The third-order valence-electron chi connectivity index (χ3n) is 4.23. The third kappa shape index (κ3) is 4.33. The molecule has 0 bridgehead atoms. The number of sulfonamides is 1. The van der Waals surface area contributed by atoms with Crippen molar-refractivity contribution in [2.75, 3.05) is 11.8 Å². The zero-order chi connectivity index (χ0) is 21.1. The lowest BCUT2D eigenvalue weighted by atomic mass is 10.1. The zero-order valence-corrected chi connectivity index (χ0v) is 18.1. The van der Waals surface area contributed by atoms with Crippen molar-refractivity contribution in [3.63, 3.8) is 0 Å². The summed E-state index contributed by atoms with van der Waals surface area (Å²) >= 11 is 7.50. The first-order valence-electron chi connectivity index (χ1n) is 8.77. The fourth-order valence-electron chi connectivity index (χ4n) is 2.83. The summed E-state index contributed by atoms with van der Waals surface area (Å²) in [6.45, 7) is 0. The standard InChI is InChI=1S/C20H16ClN3O4S2/c1-27-16-9-8-14(21)12-18(16)30(25,26)24-15-6-3-2-5-13(15)11-19-22-20(23-28-19)17-7-4-10-29-17/h2-10,12,24H,11H2,1H3. The first-order valence-corrected chi connectivity index (χ1v) is 11.5. The molecule has 0 radical (unpaired) electrons. The number of thiophene rings is 1. The van der Waals surface area contributed by atoms with Gasteiger partial charge in [0.15, 0.2) is 0 Å². The molecule has 1 N–H and O–H groups in total. The van der Waals surface area contributed by atoms with E-state index in [0.29, 0.717) is 23.0 Å². The number of hydrogen-bond donors (Lipinski definition) is 1. The third-order valence-corrected chi connectivity index (χ3v) is 6.72. The maximum Gasteiger partial charge on any atom is 0.265 e. The minimum Gasteiger partial charge on any atom is -0.495 e. The number of ether oxygens (including phenoxy) is 1. The second-order valence-corrected chi connectivity index (χ2v) is 9.26. The number of aromatic nitrogens is 2. The van der Waals surface area contributed by atoms with Crippen LogP contribution in [0.25, 0.3) is 10.7 Å². The van der Waals surface area contributed by atoms with Crippen LogP contribution in [0, 0.1) is 0 Å². The van der Waals surface area contributed by atoms with Crippen LogP contribution in [0.4, 0.5) is 5.69 Å². The number of methoxy groups -OCH3 is 1. The molecule has 2 aromatic heterocycles. The molecule has 0 aliphatic heterocycles. The lowest BCUT2D eigenvalue weighted by molar-refractivity contribution is 0.386. The maximum absolute atomic E-state index is 13.0. The molecule has 7 nitrogen and oxygen atoms in total. The minimum atomic E-state index is -3.95. The van der Waals surface area contributed by atoms with Crippen molar-refractivity contribution in [2.24, 2.45) is 0 Å². The quantitative estimate of drug-likeness (QED) is 0.422. The molecule has 0 spiro atoms. The van der Waals surface area contributed by atoms with E-state index < -0.39 is 10.0 Å². The van der Waals surface area contributed by atoms with Gasteiger partial charge >= 0.3 is 0 Å². The van der Waals surface area contributed by atoms with Gasteiger partial charge in [-0.3, -0.25) is 4.72 Å². The molecule has 0 unspecified atom stereocenters. The second-order valence-electron chi connectivity index (χ2n) is 6.22. The number of hydrogen-bond acceptors (Lipinski definition) is 7. The molecule has 4 rings (SSSR count). The molecule has 0 amide bonds. The molecular formula is C20H16ClN3O4S2. The van der Waals surface area contributed by atoms with E-state index in [2.05, 4.69) is 14.9 Å². The van der Waals surface area contributed by atoms with Gasteiger partial charge in [0.2, 0.25) is 11.7 Å². The van der Waals surface area contributed by atoms with Crippen LogP contribution in [0.2, 0.25) is 5.02 Å². The molecule has 30 heavy (non-hydrogen) atoms. The zero-order valence-electron chi connectivity index (χ0n) is 15.7. The van der Waals surface area contributed by atoms with Crippen molar-refractivity contribution in [2.45, 2.75) is 11.3 Å². The minimum absolute atomic E-state index is 0.0509. The van der Waals surface area contributed by atoms with E-state index in [1.165, 1.54) is 30.6 Å². The number of halogens is 1. The fraction of sp³-hybridized carbons (Fsp3) is 0.100. The Bertz CT molecular complexity index is 1270. The predicted molar refractivity (Wildman–Crippen MR) is 116 cm³/mol. The van der Waals surface area contributed by atoms with Gasteiger partial charge in [-0.15, -0.1) is 11.3 Å². The van der Waals surface area contributed by atoms with Crippen LogP contribution in [-0.2, 0) is 16.4 Å². The average molecular weight is 462 g/mol. The van der Waals surface area contributed by atoms with Gasteiger partial charge in [0.1, 0.15) is 10.6 Å². The molecule has 0 aliphatic rings. The summed E-state index contributed by atoms with van der Waals surface area (Å²) in [5, 5.41) is 6.21. The summed E-state index contributed by atoms with van der Waals surface area (Å²) in [7, 11) is -2.55. The van der Waals surface area contributed by atoms with Gasteiger partial charge in [0.05, 0.1) is 24.1 Å². The number of benzene rings is 2. The molecule has 10 heteroatoms. The van der Waals surface area contributed by atoms with Crippen LogP contribution in [0.1, 0.15) is 11.5 Å². The van der Waals surface area contributed by atoms with E-state index in [0.717, 1.165) is 4.88 Å². The average Bonchev–Trinajstić information content (AvgIpc) is 3.41. The molecule has 2 aromatic carbocycles. The Morgan fingerprint density at radius 3 is 2.77 bits per heavy atom. The largest absolute Gasteiger partial charge is 0.495 e. The van der Waals surface area contributed by atoms with E-state index in [9.17, 15) is 8.42 Å². The first kappa shape index (κ1) is 20.4. The van der Waals surface area contributed by atoms with Crippen LogP contribution >= 0.6 is 22.9 Å². The number of rotatable bonds is 7. The predicted octanol–water partition coefficient (Wildman–Crippen LogP) is 4.85. The van der Waals surface area contributed by atoms with Gasteiger partial charge in [-0.05, 0) is 41.3 Å². The fourth-order valence-corrected chi connectivity index (χ4v) is 5.01. The van der Waals surface area contributed by atoms with E-state index >= 15 is 0 Å². The van der Waals surface area contributed by atoms with E-state index in [-0.39, 0.29) is 22.1 Å². The van der Waals surface area contributed by atoms with Gasteiger partial charge in [0.25, 0.3) is 10.0 Å². The van der Waals surface area contributed by atoms with Crippen LogP contribution < -0.4 is 9.46 Å². The van der Waals surface area contributed by atoms with Crippen molar-refractivity contribution in [3.05, 3.63) is 76.5 Å². The van der Waals surface area contributed by atoms with Gasteiger partial charge in [-0.1, -0.05) is 41.0 Å². The second kappa shape index (κ2) is 8.47. The van der Waals surface area contributed by atoms with Crippen molar-refractivity contribution in [1.29, 1.82) is 0 Å². The summed E-state index contributed by atoms with van der Waals surface area (Å²) in [5.74, 6) is 1.08. The normalized spacial score (nSPS) is 11.4. The molecule has 0 saturated carbocycles. The number of anilines is 1. The number of nitrogens with zero attached hydrogens (tertiary/aromatic N) is 2. The van der Waals surface area contributed by atoms with Crippen molar-refractivity contribution >= 4 is 38.6 Å². The summed E-state index contributed by atoms with van der Waals surface area (Å²) < 4.78 is 39.1. The summed E-state index contributed by atoms with van der Waals surface area (Å²) in [4.78, 5) is 5.25. The summed E-state index contributed by atoms with van der Waals surface area (Å²) in [6, 6.07) is 15.2.